The number of hydrogen-bond donors (Lipinski definition) is 0. The molecule has 2 aliphatic carbocycles. The summed E-state index contributed by atoms with van der Waals surface area (Å²) in [5.41, 5.74) is 4.52. The van der Waals surface area contributed by atoms with Gasteiger partial charge in [0.15, 0.2) is 0 Å². The highest BCUT2D eigenvalue weighted by atomic mass is 35.5. The highest BCUT2D eigenvalue weighted by molar-refractivity contribution is 6.31. The molecule has 0 amide bonds. The second kappa shape index (κ2) is 6.53. The molecule has 142 valence electrons. The average Bonchev–Trinajstić information content (AvgIpc) is 3.59. The molecule has 2 spiro atoms. The summed E-state index contributed by atoms with van der Waals surface area (Å²) in [7, 11) is 0. The second-order valence-electron chi connectivity index (χ2n) is 8.77. The van der Waals surface area contributed by atoms with E-state index in [2.05, 4.69) is 30.3 Å². The van der Waals surface area contributed by atoms with Gasteiger partial charge < -0.3 is 9.47 Å². The Kier molecular flexibility index (Phi) is 4.25. The molecule has 0 aromatic heterocycles. The first-order valence-electron chi connectivity index (χ1n) is 10.3. The van der Waals surface area contributed by atoms with Crippen LogP contribution in [0.1, 0.15) is 68.2 Å². The van der Waals surface area contributed by atoms with E-state index in [0.717, 1.165) is 17.2 Å². The molecule has 0 N–H and O–H groups in total. The van der Waals surface area contributed by atoms with Gasteiger partial charge in [-0.15, -0.1) is 0 Å². The van der Waals surface area contributed by atoms with E-state index in [4.69, 9.17) is 21.1 Å². The van der Waals surface area contributed by atoms with Gasteiger partial charge in [-0.1, -0.05) is 35.9 Å². The number of halogens is 1. The van der Waals surface area contributed by atoms with E-state index in [1.54, 1.807) is 0 Å². The summed E-state index contributed by atoms with van der Waals surface area (Å²) in [4.78, 5) is 0. The third-order valence-corrected chi connectivity index (χ3v) is 6.91. The van der Waals surface area contributed by atoms with E-state index >= 15 is 0 Å². The highest BCUT2D eigenvalue weighted by Gasteiger charge is 2.60. The Hall–Kier alpha value is -1.51. The molecule has 3 fully saturated rings. The third kappa shape index (κ3) is 3.62. The van der Waals surface area contributed by atoms with Crippen molar-refractivity contribution in [2.45, 2.75) is 63.6 Å². The van der Waals surface area contributed by atoms with Crippen LogP contribution in [0, 0.1) is 5.41 Å². The third-order valence-electron chi connectivity index (χ3n) is 6.54. The SMILES string of the molecule is CCOc1ccc(Cc2cc([C@H]3CC4(CC4)CC4(CC4)O3)ccc2Cl)cc1. The Labute approximate surface area is 166 Å². The van der Waals surface area contributed by atoms with Crippen LogP contribution in [0.4, 0.5) is 0 Å². The summed E-state index contributed by atoms with van der Waals surface area (Å²) in [6.45, 7) is 2.70. The van der Waals surface area contributed by atoms with Crippen LogP contribution in [0.2, 0.25) is 5.02 Å². The first-order chi connectivity index (χ1) is 13.1. The van der Waals surface area contributed by atoms with Crippen molar-refractivity contribution in [2.75, 3.05) is 6.61 Å². The molecular formula is C24H27ClO2. The van der Waals surface area contributed by atoms with Crippen LogP contribution in [0.5, 0.6) is 5.75 Å². The number of benzene rings is 2. The van der Waals surface area contributed by atoms with Crippen molar-refractivity contribution in [3.05, 3.63) is 64.2 Å². The zero-order chi connectivity index (χ0) is 18.5. The second-order valence-corrected chi connectivity index (χ2v) is 9.18. The van der Waals surface area contributed by atoms with Crippen molar-refractivity contribution in [3.63, 3.8) is 0 Å². The Bertz CT molecular complexity index is 814. The van der Waals surface area contributed by atoms with Crippen molar-refractivity contribution in [3.8, 4) is 5.75 Å². The highest BCUT2D eigenvalue weighted by Crippen LogP contribution is 2.66. The van der Waals surface area contributed by atoms with Gasteiger partial charge in [-0.05, 0) is 92.2 Å². The topological polar surface area (TPSA) is 18.5 Å². The fraction of sp³-hybridized carbons (Fsp3) is 0.500. The number of hydrogen-bond acceptors (Lipinski definition) is 2. The molecule has 1 heterocycles. The first kappa shape index (κ1) is 17.6. The Morgan fingerprint density at radius 3 is 2.52 bits per heavy atom. The molecule has 0 unspecified atom stereocenters. The Balaban J connectivity index is 1.36. The van der Waals surface area contributed by atoms with E-state index in [-0.39, 0.29) is 11.7 Å². The zero-order valence-electron chi connectivity index (χ0n) is 16.0. The molecule has 1 aliphatic heterocycles. The van der Waals surface area contributed by atoms with Crippen molar-refractivity contribution < 1.29 is 9.47 Å². The molecule has 2 saturated carbocycles. The average molecular weight is 383 g/mol. The van der Waals surface area contributed by atoms with Gasteiger partial charge in [0, 0.05) is 5.02 Å². The lowest BCUT2D eigenvalue weighted by Gasteiger charge is -2.36. The predicted octanol–water partition coefficient (Wildman–Crippen LogP) is 6.49. The molecule has 27 heavy (non-hydrogen) atoms. The number of ether oxygens (including phenoxy) is 2. The monoisotopic (exact) mass is 382 g/mol. The normalized spacial score (nSPS) is 24.1. The lowest BCUT2D eigenvalue weighted by Crippen LogP contribution is -2.30. The van der Waals surface area contributed by atoms with Crippen molar-refractivity contribution >= 4 is 11.6 Å². The van der Waals surface area contributed by atoms with Crippen LogP contribution >= 0.6 is 11.6 Å². The zero-order valence-corrected chi connectivity index (χ0v) is 16.7. The van der Waals surface area contributed by atoms with Gasteiger partial charge in [-0.2, -0.15) is 0 Å². The van der Waals surface area contributed by atoms with Crippen LogP contribution in [0.15, 0.2) is 42.5 Å². The molecule has 1 saturated heterocycles. The van der Waals surface area contributed by atoms with Crippen LogP contribution < -0.4 is 4.74 Å². The summed E-state index contributed by atoms with van der Waals surface area (Å²) in [5.74, 6) is 0.918. The van der Waals surface area contributed by atoms with Crippen LogP contribution in [-0.4, -0.2) is 12.2 Å². The van der Waals surface area contributed by atoms with Crippen molar-refractivity contribution in [1.82, 2.24) is 0 Å². The summed E-state index contributed by atoms with van der Waals surface area (Å²) in [6, 6.07) is 14.8. The van der Waals surface area contributed by atoms with Gasteiger partial charge in [0.25, 0.3) is 0 Å². The molecule has 3 aliphatic rings. The van der Waals surface area contributed by atoms with Gasteiger partial charge in [0.1, 0.15) is 5.75 Å². The fourth-order valence-corrected chi connectivity index (χ4v) is 4.92. The Morgan fingerprint density at radius 1 is 1.07 bits per heavy atom. The first-order valence-corrected chi connectivity index (χ1v) is 10.6. The van der Waals surface area contributed by atoms with E-state index in [1.165, 1.54) is 55.2 Å². The standard InChI is InChI=1S/C24H27ClO2/c1-2-26-20-6-3-17(4-7-20)13-19-14-18(5-8-21(19)25)22-15-23(9-10-23)16-24(27-22)11-12-24/h3-8,14,22H,2,9-13,15-16H2,1H3/t22-/m1/s1. The van der Waals surface area contributed by atoms with Gasteiger partial charge >= 0.3 is 0 Å². The summed E-state index contributed by atoms with van der Waals surface area (Å²) >= 11 is 6.54. The van der Waals surface area contributed by atoms with E-state index in [1.807, 2.05) is 19.1 Å². The molecule has 0 bridgehead atoms. The molecular weight excluding hydrogens is 356 g/mol. The minimum atomic E-state index is 0.203. The molecule has 2 nitrogen and oxygen atoms in total. The van der Waals surface area contributed by atoms with Crippen molar-refractivity contribution in [2.24, 2.45) is 5.41 Å². The maximum atomic E-state index is 6.57. The van der Waals surface area contributed by atoms with Crippen molar-refractivity contribution in [1.29, 1.82) is 0 Å². The number of rotatable bonds is 5. The summed E-state index contributed by atoms with van der Waals surface area (Å²) < 4.78 is 12.1. The van der Waals surface area contributed by atoms with Crippen LogP contribution in [0.3, 0.4) is 0 Å². The minimum absolute atomic E-state index is 0.203. The molecule has 2 aromatic rings. The molecule has 3 heteroatoms. The molecule has 2 aromatic carbocycles. The van der Waals surface area contributed by atoms with E-state index < -0.39 is 0 Å². The summed E-state index contributed by atoms with van der Waals surface area (Å²) in [6.07, 6.45) is 8.82. The maximum absolute atomic E-state index is 6.57. The van der Waals surface area contributed by atoms with Gasteiger partial charge in [-0.25, -0.2) is 0 Å². The lowest BCUT2D eigenvalue weighted by molar-refractivity contribution is -0.0970. The fourth-order valence-electron chi connectivity index (χ4n) is 4.73. The molecule has 1 atom stereocenters. The van der Waals surface area contributed by atoms with Crippen LogP contribution in [0.25, 0.3) is 0 Å². The predicted molar refractivity (Wildman–Crippen MR) is 109 cm³/mol. The molecule has 5 rings (SSSR count). The smallest absolute Gasteiger partial charge is 0.119 e. The molecule has 0 radical (unpaired) electrons. The van der Waals surface area contributed by atoms with E-state index in [9.17, 15) is 0 Å². The van der Waals surface area contributed by atoms with Gasteiger partial charge in [-0.3, -0.25) is 0 Å². The van der Waals surface area contributed by atoms with Gasteiger partial charge in [0.05, 0.1) is 18.3 Å². The maximum Gasteiger partial charge on any atom is 0.119 e. The summed E-state index contributed by atoms with van der Waals surface area (Å²) in [5, 5.41) is 0.839. The quantitative estimate of drug-likeness (QED) is 0.588. The van der Waals surface area contributed by atoms with E-state index in [0.29, 0.717) is 12.0 Å². The van der Waals surface area contributed by atoms with Crippen LogP contribution in [-0.2, 0) is 11.2 Å². The Morgan fingerprint density at radius 2 is 1.85 bits per heavy atom. The van der Waals surface area contributed by atoms with Gasteiger partial charge in [0.2, 0.25) is 0 Å². The lowest BCUT2D eigenvalue weighted by atomic mass is 9.84. The largest absolute Gasteiger partial charge is 0.494 e. The minimum Gasteiger partial charge on any atom is -0.494 e.